The first-order valence-electron chi connectivity index (χ1n) is 12.7. The standard InChI is InChI=1S/C26H31F3N4O5/c1-15-13-30-14-20(26(27,28)29)22(15)25(37)38-33(21(8-10-34)24(35)36)19-11-16(12-19)4-6-18-7-5-17-3-2-9-31-23(17)32-18/h5,7,13-14,16,19,21,34H,2-4,6,8-12H2,1H3,(H,31,32)(H,35,36)/t16?,19?,21-/m0/s1. The molecule has 206 valence electrons. The number of nitrogens with zero attached hydrogens (tertiary/aromatic N) is 3. The number of rotatable bonds is 10. The number of carbonyl (C=O) groups excluding carboxylic acids is 1. The van der Waals surface area contributed by atoms with Crippen LogP contribution in [0, 0.1) is 12.8 Å². The fourth-order valence-corrected chi connectivity index (χ4v) is 5.07. The van der Waals surface area contributed by atoms with Crippen molar-refractivity contribution in [1.29, 1.82) is 0 Å². The Morgan fingerprint density at radius 1 is 1.26 bits per heavy atom. The quantitative estimate of drug-likeness (QED) is 0.389. The van der Waals surface area contributed by atoms with E-state index in [4.69, 9.17) is 4.84 Å². The van der Waals surface area contributed by atoms with E-state index in [0.717, 1.165) is 55.0 Å². The number of aliphatic hydroxyl groups excluding tert-OH is 1. The molecule has 12 heteroatoms. The van der Waals surface area contributed by atoms with Gasteiger partial charge >= 0.3 is 18.1 Å². The summed E-state index contributed by atoms with van der Waals surface area (Å²) in [5, 5.41) is 23.4. The summed E-state index contributed by atoms with van der Waals surface area (Å²) >= 11 is 0. The predicted octanol–water partition coefficient (Wildman–Crippen LogP) is 3.78. The molecule has 1 aliphatic carbocycles. The van der Waals surface area contributed by atoms with Crippen LogP contribution in [0.5, 0.6) is 0 Å². The van der Waals surface area contributed by atoms with Crippen molar-refractivity contribution >= 4 is 17.8 Å². The molecule has 0 aromatic carbocycles. The Bertz CT molecular complexity index is 1170. The maximum atomic E-state index is 13.5. The molecule has 2 aromatic heterocycles. The minimum atomic E-state index is -4.85. The normalized spacial score (nSPS) is 19.7. The van der Waals surface area contributed by atoms with E-state index < -0.39 is 47.9 Å². The average Bonchev–Trinajstić information content (AvgIpc) is 2.84. The van der Waals surface area contributed by atoms with Gasteiger partial charge in [-0.3, -0.25) is 9.78 Å². The van der Waals surface area contributed by atoms with E-state index >= 15 is 0 Å². The lowest BCUT2D eigenvalue weighted by Gasteiger charge is -2.43. The Morgan fingerprint density at radius 2 is 2.03 bits per heavy atom. The molecular weight excluding hydrogens is 505 g/mol. The molecule has 0 saturated heterocycles. The van der Waals surface area contributed by atoms with E-state index in [2.05, 4.69) is 21.4 Å². The van der Waals surface area contributed by atoms with Crippen LogP contribution in [-0.4, -0.2) is 62.4 Å². The first kappa shape index (κ1) is 27.8. The van der Waals surface area contributed by atoms with Gasteiger partial charge in [0.25, 0.3) is 0 Å². The van der Waals surface area contributed by atoms with Crippen LogP contribution in [-0.2, 0) is 28.7 Å². The Labute approximate surface area is 218 Å². The highest BCUT2D eigenvalue weighted by molar-refractivity contribution is 5.92. The molecule has 0 radical (unpaired) electrons. The van der Waals surface area contributed by atoms with Gasteiger partial charge in [0.05, 0.1) is 11.1 Å². The van der Waals surface area contributed by atoms with Crippen molar-refractivity contribution in [3.05, 3.63) is 52.5 Å². The van der Waals surface area contributed by atoms with Gasteiger partial charge in [0.2, 0.25) is 0 Å². The van der Waals surface area contributed by atoms with E-state index in [9.17, 15) is 33.0 Å². The number of carbonyl (C=O) groups is 2. The van der Waals surface area contributed by atoms with Crippen molar-refractivity contribution in [3.63, 3.8) is 0 Å². The third-order valence-electron chi connectivity index (χ3n) is 7.16. The van der Waals surface area contributed by atoms with Crippen LogP contribution in [0.4, 0.5) is 19.0 Å². The van der Waals surface area contributed by atoms with Gasteiger partial charge in [0.15, 0.2) is 0 Å². The Hall–Kier alpha value is -3.25. The zero-order valence-electron chi connectivity index (χ0n) is 21.0. The SMILES string of the molecule is Cc1cncc(C(F)(F)F)c1C(=O)ON(C1CC(CCc2ccc3c(n2)NCCC3)C1)[C@@H](CCO)C(=O)O. The van der Waals surface area contributed by atoms with E-state index in [-0.39, 0.29) is 17.9 Å². The van der Waals surface area contributed by atoms with Crippen molar-refractivity contribution in [2.45, 2.75) is 70.1 Å². The smallest absolute Gasteiger partial charge is 0.418 e. The second-order valence-corrected chi connectivity index (χ2v) is 9.85. The molecule has 0 unspecified atom stereocenters. The zero-order valence-corrected chi connectivity index (χ0v) is 21.0. The summed E-state index contributed by atoms with van der Waals surface area (Å²) in [4.78, 5) is 38.5. The minimum absolute atomic E-state index is 0.0441. The molecule has 0 spiro atoms. The Balaban J connectivity index is 1.45. The number of carboxylic acids is 1. The number of aryl methyl sites for hydroxylation is 3. The summed E-state index contributed by atoms with van der Waals surface area (Å²) in [5.41, 5.74) is 0.130. The van der Waals surface area contributed by atoms with Gasteiger partial charge in [-0.1, -0.05) is 6.07 Å². The summed E-state index contributed by atoms with van der Waals surface area (Å²) < 4.78 is 40.6. The number of aliphatic carboxylic acids is 1. The number of alkyl halides is 3. The first-order valence-corrected chi connectivity index (χ1v) is 12.7. The maximum Gasteiger partial charge on any atom is 0.418 e. The maximum absolute atomic E-state index is 13.5. The summed E-state index contributed by atoms with van der Waals surface area (Å²) in [6, 6.07) is 2.18. The molecule has 1 atom stereocenters. The van der Waals surface area contributed by atoms with Crippen LogP contribution in [0.15, 0.2) is 24.5 Å². The largest absolute Gasteiger partial charge is 0.480 e. The molecule has 2 aliphatic rings. The molecule has 2 aromatic rings. The molecule has 1 fully saturated rings. The zero-order chi connectivity index (χ0) is 27.4. The molecular formula is C26H31F3N4O5. The minimum Gasteiger partial charge on any atom is -0.480 e. The number of hydrogen-bond donors (Lipinski definition) is 3. The molecule has 4 rings (SSSR count). The third-order valence-corrected chi connectivity index (χ3v) is 7.16. The number of anilines is 1. The van der Waals surface area contributed by atoms with Crippen LogP contribution >= 0.6 is 0 Å². The van der Waals surface area contributed by atoms with E-state index in [1.165, 1.54) is 12.5 Å². The summed E-state index contributed by atoms with van der Waals surface area (Å²) in [5.74, 6) is -1.54. The number of hydrogen-bond acceptors (Lipinski definition) is 8. The first-order chi connectivity index (χ1) is 18.1. The molecule has 38 heavy (non-hydrogen) atoms. The van der Waals surface area contributed by atoms with Crippen LogP contribution in [0.2, 0.25) is 0 Å². The van der Waals surface area contributed by atoms with Gasteiger partial charge < -0.3 is 20.4 Å². The van der Waals surface area contributed by atoms with Crippen LogP contribution in [0.25, 0.3) is 0 Å². The van der Waals surface area contributed by atoms with Gasteiger partial charge in [-0.05, 0) is 75.0 Å². The van der Waals surface area contributed by atoms with Gasteiger partial charge in [-0.2, -0.15) is 13.2 Å². The topological polar surface area (TPSA) is 125 Å². The Morgan fingerprint density at radius 3 is 2.71 bits per heavy atom. The number of hydroxylamine groups is 2. The molecule has 1 saturated carbocycles. The number of aliphatic hydroxyl groups is 1. The highest BCUT2D eigenvalue weighted by atomic mass is 19.4. The number of carboxylic acid groups (broad SMARTS) is 1. The number of pyridine rings is 2. The van der Waals surface area contributed by atoms with E-state index in [1.54, 1.807) is 0 Å². The van der Waals surface area contributed by atoms with Gasteiger partial charge in [0.1, 0.15) is 11.9 Å². The fraction of sp³-hybridized carbons (Fsp3) is 0.538. The van der Waals surface area contributed by atoms with Gasteiger partial charge in [-0.25, -0.2) is 9.78 Å². The van der Waals surface area contributed by atoms with Crippen molar-refractivity contribution in [2.24, 2.45) is 5.92 Å². The summed E-state index contributed by atoms with van der Waals surface area (Å²) in [6.07, 6.45) is 1.11. The second kappa shape index (κ2) is 11.6. The molecule has 0 bridgehead atoms. The van der Waals surface area contributed by atoms with Crippen LogP contribution in [0.1, 0.15) is 64.8 Å². The average molecular weight is 537 g/mol. The number of nitrogens with one attached hydrogen (secondary N) is 1. The highest BCUT2D eigenvalue weighted by Crippen LogP contribution is 2.38. The third kappa shape index (κ3) is 6.24. The Kier molecular flexibility index (Phi) is 8.51. The summed E-state index contributed by atoms with van der Waals surface area (Å²) in [7, 11) is 0. The number of fused-ring (bicyclic) bond motifs is 1. The van der Waals surface area contributed by atoms with Crippen LogP contribution in [0.3, 0.4) is 0 Å². The van der Waals surface area contributed by atoms with Gasteiger partial charge in [0, 0.05) is 37.3 Å². The second-order valence-electron chi connectivity index (χ2n) is 9.85. The molecule has 1 aliphatic heterocycles. The predicted molar refractivity (Wildman–Crippen MR) is 130 cm³/mol. The van der Waals surface area contributed by atoms with Crippen molar-refractivity contribution < 1.29 is 37.8 Å². The van der Waals surface area contributed by atoms with E-state index in [0.29, 0.717) is 19.0 Å². The molecule has 3 N–H and O–H groups in total. The molecule has 9 nitrogen and oxygen atoms in total. The number of aromatic nitrogens is 2. The lowest BCUT2D eigenvalue weighted by molar-refractivity contribution is -0.204. The van der Waals surface area contributed by atoms with Crippen molar-refractivity contribution in [3.8, 4) is 0 Å². The van der Waals surface area contributed by atoms with E-state index in [1.807, 2.05) is 6.07 Å². The van der Waals surface area contributed by atoms with Crippen molar-refractivity contribution in [1.82, 2.24) is 15.0 Å². The number of halogens is 3. The molecule has 3 heterocycles. The highest BCUT2D eigenvalue weighted by Gasteiger charge is 2.43. The lowest BCUT2D eigenvalue weighted by Crippen LogP contribution is -2.53. The molecule has 0 amide bonds. The lowest BCUT2D eigenvalue weighted by atomic mass is 9.76. The fourth-order valence-electron chi connectivity index (χ4n) is 5.07. The van der Waals surface area contributed by atoms with Crippen molar-refractivity contribution in [2.75, 3.05) is 18.5 Å². The summed E-state index contributed by atoms with van der Waals surface area (Å²) in [6.45, 7) is 1.70. The van der Waals surface area contributed by atoms with Crippen LogP contribution < -0.4 is 5.32 Å². The monoisotopic (exact) mass is 536 g/mol. The van der Waals surface area contributed by atoms with Gasteiger partial charge in [-0.15, -0.1) is 5.06 Å².